The molecule has 4 heteroatoms. The van der Waals surface area contributed by atoms with Crippen LogP contribution in [0.3, 0.4) is 0 Å². The van der Waals surface area contributed by atoms with Crippen LogP contribution in [-0.2, 0) is 4.74 Å². The molecule has 0 saturated heterocycles. The minimum absolute atomic E-state index is 0.132. The van der Waals surface area contributed by atoms with E-state index in [0.29, 0.717) is 25.6 Å². The standard InChI is InChI=1S/C14H22N2O2/c1-12(13-6-4-3-5-7-13)8-9-15-14(17)16-10-11-18-2/h3-7,12H,8-11H2,1-2H3,(H2,15,16,17). The molecule has 1 aromatic rings. The van der Waals surface area contributed by atoms with E-state index in [1.54, 1.807) is 7.11 Å². The van der Waals surface area contributed by atoms with Crippen LogP contribution in [0.5, 0.6) is 0 Å². The van der Waals surface area contributed by atoms with Crippen LogP contribution < -0.4 is 10.6 Å². The molecule has 4 nitrogen and oxygen atoms in total. The van der Waals surface area contributed by atoms with Crippen molar-refractivity contribution in [1.29, 1.82) is 0 Å². The highest BCUT2D eigenvalue weighted by atomic mass is 16.5. The van der Waals surface area contributed by atoms with Crippen LogP contribution in [0.1, 0.15) is 24.8 Å². The van der Waals surface area contributed by atoms with Crippen molar-refractivity contribution < 1.29 is 9.53 Å². The van der Waals surface area contributed by atoms with Gasteiger partial charge in [-0.2, -0.15) is 0 Å². The normalized spacial score (nSPS) is 11.9. The molecule has 2 amide bonds. The maximum atomic E-state index is 11.4. The number of carbonyl (C=O) groups is 1. The van der Waals surface area contributed by atoms with Gasteiger partial charge in [0, 0.05) is 20.2 Å². The molecule has 1 rings (SSSR count). The third kappa shape index (κ3) is 5.68. The first kappa shape index (κ1) is 14.5. The van der Waals surface area contributed by atoms with Gasteiger partial charge in [-0.15, -0.1) is 0 Å². The van der Waals surface area contributed by atoms with E-state index in [0.717, 1.165) is 6.42 Å². The van der Waals surface area contributed by atoms with E-state index < -0.39 is 0 Å². The molecular weight excluding hydrogens is 228 g/mol. The summed E-state index contributed by atoms with van der Waals surface area (Å²) in [5.41, 5.74) is 1.30. The summed E-state index contributed by atoms with van der Waals surface area (Å²) in [5.74, 6) is 0.450. The van der Waals surface area contributed by atoms with Crippen molar-refractivity contribution in [2.45, 2.75) is 19.3 Å². The molecule has 0 aromatic heterocycles. The fourth-order valence-electron chi connectivity index (χ4n) is 1.68. The van der Waals surface area contributed by atoms with Gasteiger partial charge in [-0.1, -0.05) is 37.3 Å². The highest BCUT2D eigenvalue weighted by Crippen LogP contribution is 2.17. The number of carbonyl (C=O) groups excluding carboxylic acids is 1. The molecule has 0 saturated carbocycles. The smallest absolute Gasteiger partial charge is 0.314 e. The first-order chi connectivity index (χ1) is 8.74. The molecule has 2 N–H and O–H groups in total. The van der Waals surface area contributed by atoms with E-state index in [-0.39, 0.29) is 6.03 Å². The van der Waals surface area contributed by atoms with E-state index >= 15 is 0 Å². The quantitative estimate of drug-likeness (QED) is 0.728. The zero-order valence-corrected chi connectivity index (χ0v) is 11.1. The van der Waals surface area contributed by atoms with Crippen molar-refractivity contribution >= 4 is 6.03 Å². The summed E-state index contributed by atoms with van der Waals surface area (Å²) in [7, 11) is 1.61. The Hall–Kier alpha value is -1.55. The van der Waals surface area contributed by atoms with Crippen LogP contribution in [0.15, 0.2) is 30.3 Å². The maximum Gasteiger partial charge on any atom is 0.314 e. The molecule has 0 bridgehead atoms. The summed E-state index contributed by atoms with van der Waals surface area (Å²) in [5, 5.41) is 5.56. The zero-order valence-electron chi connectivity index (χ0n) is 11.1. The summed E-state index contributed by atoms with van der Waals surface area (Å²) >= 11 is 0. The van der Waals surface area contributed by atoms with Crippen LogP contribution in [0, 0.1) is 0 Å². The van der Waals surface area contributed by atoms with Gasteiger partial charge >= 0.3 is 6.03 Å². The Bertz CT molecular complexity index is 341. The number of hydrogen-bond donors (Lipinski definition) is 2. The van der Waals surface area contributed by atoms with E-state index in [1.165, 1.54) is 5.56 Å². The molecule has 100 valence electrons. The number of amides is 2. The van der Waals surface area contributed by atoms with E-state index in [2.05, 4.69) is 29.7 Å². The topological polar surface area (TPSA) is 50.4 Å². The molecule has 0 fully saturated rings. The van der Waals surface area contributed by atoms with Crippen molar-refractivity contribution in [2.75, 3.05) is 26.8 Å². The summed E-state index contributed by atoms with van der Waals surface area (Å²) in [4.78, 5) is 11.4. The third-order valence-electron chi connectivity index (χ3n) is 2.82. The number of methoxy groups -OCH3 is 1. The number of rotatable bonds is 7. The molecule has 0 aliphatic heterocycles. The lowest BCUT2D eigenvalue weighted by Crippen LogP contribution is -2.37. The first-order valence-electron chi connectivity index (χ1n) is 6.29. The SMILES string of the molecule is COCCNC(=O)NCCC(C)c1ccccc1. The fraction of sp³-hybridized carbons (Fsp3) is 0.500. The van der Waals surface area contributed by atoms with E-state index in [9.17, 15) is 4.79 Å². The number of ether oxygens (including phenoxy) is 1. The number of nitrogens with one attached hydrogen (secondary N) is 2. The molecule has 0 aliphatic rings. The van der Waals surface area contributed by atoms with Crippen molar-refractivity contribution in [3.05, 3.63) is 35.9 Å². The molecule has 0 heterocycles. The Morgan fingerprint density at radius 2 is 1.89 bits per heavy atom. The predicted octanol–water partition coefficient (Wildman–Crippen LogP) is 2.13. The summed E-state index contributed by atoms with van der Waals surface area (Å²) in [6, 6.07) is 10.2. The number of urea groups is 1. The largest absolute Gasteiger partial charge is 0.383 e. The van der Waals surface area contributed by atoms with Crippen molar-refractivity contribution in [3.8, 4) is 0 Å². The molecule has 0 radical (unpaired) electrons. The van der Waals surface area contributed by atoms with Gasteiger partial charge in [-0.25, -0.2) is 4.79 Å². The predicted molar refractivity (Wildman–Crippen MR) is 72.8 cm³/mol. The molecule has 1 aromatic carbocycles. The van der Waals surface area contributed by atoms with Crippen molar-refractivity contribution in [1.82, 2.24) is 10.6 Å². The average Bonchev–Trinajstić information content (AvgIpc) is 2.40. The third-order valence-corrected chi connectivity index (χ3v) is 2.82. The summed E-state index contributed by atoms with van der Waals surface area (Å²) < 4.78 is 4.85. The second-order valence-corrected chi connectivity index (χ2v) is 4.28. The van der Waals surface area contributed by atoms with Gasteiger partial charge in [0.25, 0.3) is 0 Å². The van der Waals surface area contributed by atoms with E-state index in [1.807, 2.05) is 18.2 Å². The molecular formula is C14H22N2O2. The lowest BCUT2D eigenvalue weighted by molar-refractivity contribution is 0.196. The Morgan fingerprint density at radius 1 is 1.22 bits per heavy atom. The van der Waals surface area contributed by atoms with Crippen LogP contribution in [0.25, 0.3) is 0 Å². The molecule has 0 aliphatic carbocycles. The van der Waals surface area contributed by atoms with Crippen LogP contribution in [-0.4, -0.2) is 32.8 Å². The van der Waals surface area contributed by atoms with Crippen LogP contribution in [0.2, 0.25) is 0 Å². The summed E-state index contributed by atoms with van der Waals surface area (Å²) in [6.45, 7) is 3.92. The molecule has 18 heavy (non-hydrogen) atoms. The molecule has 1 unspecified atom stereocenters. The van der Waals surface area contributed by atoms with Gasteiger partial charge in [0.05, 0.1) is 6.61 Å². The fourth-order valence-corrected chi connectivity index (χ4v) is 1.68. The van der Waals surface area contributed by atoms with Crippen molar-refractivity contribution in [3.63, 3.8) is 0 Å². The average molecular weight is 250 g/mol. The second kappa shape index (κ2) is 8.53. The number of benzene rings is 1. The van der Waals surface area contributed by atoms with Crippen LogP contribution >= 0.6 is 0 Å². The Kier molecular flexibility index (Phi) is 6.87. The van der Waals surface area contributed by atoms with Gasteiger partial charge in [0.1, 0.15) is 0 Å². The highest BCUT2D eigenvalue weighted by molar-refractivity contribution is 5.73. The Balaban J connectivity index is 2.16. The van der Waals surface area contributed by atoms with Gasteiger partial charge in [0.2, 0.25) is 0 Å². The zero-order chi connectivity index (χ0) is 13.2. The van der Waals surface area contributed by atoms with Crippen LogP contribution in [0.4, 0.5) is 4.79 Å². The Labute approximate surface area is 109 Å². The first-order valence-corrected chi connectivity index (χ1v) is 6.29. The molecule has 1 atom stereocenters. The molecule has 0 spiro atoms. The van der Waals surface area contributed by atoms with Gasteiger partial charge in [-0.05, 0) is 17.9 Å². The number of hydrogen-bond acceptors (Lipinski definition) is 2. The lowest BCUT2D eigenvalue weighted by atomic mass is 9.98. The van der Waals surface area contributed by atoms with E-state index in [4.69, 9.17) is 4.74 Å². The highest BCUT2D eigenvalue weighted by Gasteiger charge is 2.05. The Morgan fingerprint density at radius 3 is 2.56 bits per heavy atom. The van der Waals surface area contributed by atoms with Gasteiger partial charge in [-0.3, -0.25) is 0 Å². The summed E-state index contributed by atoms with van der Waals surface area (Å²) in [6.07, 6.45) is 0.932. The maximum absolute atomic E-state index is 11.4. The monoisotopic (exact) mass is 250 g/mol. The van der Waals surface area contributed by atoms with Gasteiger partial charge < -0.3 is 15.4 Å². The van der Waals surface area contributed by atoms with Gasteiger partial charge in [0.15, 0.2) is 0 Å². The lowest BCUT2D eigenvalue weighted by Gasteiger charge is -2.12. The second-order valence-electron chi connectivity index (χ2n) is 4.28. The minimum atomic E-state index is -0.132. The minimum Gasteiger partial charge on any atom is -0.383 e. The van der Waals surface area contributed by atoms with Crippen molar-refractivity contribution in [2.24, 2.45) is 0 Å².